The summed E-state index contributed by atoms with van der Waals surface area (Å²) in [5, 5.41) is 3.01. The van der Waals surface area contributed by atoms with Crippen molar-refractivity contribution in [3.8, 4) is 0 Å². The highest BCUT2D eigenvalue weighted by Crippen LogP contribution is 2.28. The molecule has 116 valence electrons. The first kappa shape index (κ1) is 17.0. The van der Waals surface area contributed by atoms with Crippen molar-refractivity contribution in [2.45, 2.75) is 72.4 Å². The van der Waals surface area contributed by atoms with Crippen molar-refractivity contribution in [1.82, 2.24) is 10.2 Å². The number of hydrogen-bond donors (Lipinski definition) is 1. The zero-order valence-corrected chi connectivity index (χ0v) is 13.8. The van der Waals surface area contributed by atoms with Crippen LogP contribution in [0.15, 0.2) is 0 Å². The van der Waals surface area contributed by atoms with Crippen molar-refractivity contribution in [3.05, 3.63) is 0 Å². The number of nitrogens with one attached hydrogen (secondary N) is 1. The average Bonchev–Trinajstić information content (AvgIpc) is 2.37. The van der Waals surface area contributed by atoms with Gasteiger partial charge in [-0.3, -0.25) is 9.59 Å². The van der Waals surface area contributed by atoms with E-state index in [4.69, 9.17) is 0 Å². The van der Waals surface area contributed by atoms with Gasteiger partial charge in [0.25, 0.3) is 0 Å². The number of carbonyl (C=O) groups is 2. The summed E-state index contributed by atoms with van der Waals surface area (Å²) in [4.78, 5) is 27.2. The Kier molecular flexibility index (Phi) is 5.60. The minimum Gasteiger partial charge on any atom is -0.340 e. The van der Waals surface area contributed by atoms with E-state index in [-0.39, 0.29) is 17.9 Å². The normalized spacial score (nSPS) is 22.6. The van der Waals surface area contributed by atoms with Crippen molar-refractivity contribution in [2.75, 3.05) is 6.54 Å². The number of rotatable bonds is 6. The lowest BCUT2D eigenvalue weighted by atomic mass is 9.85. The molecule has 0 spiro atoms. The molecular weight excluding hydrogens is 252 g/mol. The third-order valence-electron chi connectivity index (χ3n) is 4.18. The predicted octanol–water partition coefficient (Wildman–Crippen LogP) is 2.57. The van der Waals surface area contributed by atoms with E-state index in [1.807, 2.05) is 18.7 Å². The molecule has 1 fully saturated rings. The van der Waals surface area contributed by atoms with E-state index in [0.717, 1.165) is 6.42 Å². The van der Waals surface area contributed by atoms with Crippen LogP contribution >= 0.6 is 0 Å². The van der Waals surface area contributed by atoms with Gasteiger partial charge >= 0.3 is 0 Å². The Balaban J connectivity index is 3.10. The Morgan fingerprint density at radius 2 is 1.65 bits per heavy atom. The van der Waals surface area contributed by atoms with Gasteiger partial charge in [0.1, 0.15) is 11.6 Å². The maximum atomic E-state index is 12.9. The van der Waals surface area contributed by atoms with Crippen LogP contribution in [0.4, 0.5) is 0 Å². The minimum absolute atomic E-state index is 0.0163. The Hall–Kier alpha value is -1.06. The lowest BCUT2D eigenvalue weighted by Gasteiger charge is -2.46. The van der Waals surface area contributed by atoms with Crippen molar-refractivity contribution < 1.29 is 9.59 Å². The second-order valence-electron chi connectivity index (χ2n) is 6.78. The summed E-state index contributed by atoms with van der Waals surface area (Å²) in [5.41, 5.74) is -0.695. The fourth-order valence-electron chi connectivity index (χ4n) is 2.94. The van der Waals surface area contributed by atoms with Crippen LogP contribution in [0.3, 0.4) is 0 Å². The van der Waals surface area contributed by atoms with Gasteiger partial charge < -0.3 is 10.2 Å². The summed E-state index contributed by atoms with van der Waals surface area (Å²) in [6.45, 7) is 13.0. The van der Waals surface area contributed by atoms with Gasteiger partial charge in [-0.25, -0.2) is 0 Å². The van der Waals surface area contributed by atoms with E-state index in [1.54, 1.807) is 0 Å². The molecule has 1 heterocycles. The van der Waals surface area contributed by atoms with Crippen LogP contribution in [0.2, 0.25) is 0 Å². The summed E-state index contributed by atoms with van der Waals surface area (Å²) in [6.07, 6.45) is 2.03. The third kappa shape index (κ3) is 3.33. The van der Waals surface area contributed by atoms with Crippen LogP contribution in [-0.2, 0) is 9.59 Å². The average molecular weight is 282 g/mol. The lowest BCUT2D eigenvalue weighted by Crippen LogP contribution is -2.70. The molecule has 2 amide bonds. The molecule has 4 heteroatoms. The van der Waals surface area contributed by atoms with E-state index in [2.05, 4.69) is 33.0 Å². The molecule has 0 radical (unpaired) electrons. The van der Waals surface area contributed by atoms with E-state index < -0.39 is 5.54 Å². The summed E-state index contributed by atoms with van der Waals surface area (Å²) in [7, 11) is 0. The van der Waals surface area contributed by atoms with E-state index >= 15 is 0 Å². The summed E-state index contributed by atoms with van der Waals surface area (Å²) in [5.74, 6) is 0.874. The molecule has 1 aliphatic heterocycles. The van der Waals surface area contributed by atoms with Gasteiger partial charge in [0, 0.05) is 6.54 Å². The maximum Gasteiger partial charge on any atom is 0.248 e. The van der Waals surface area contributed by atoms with Crippen molar-refractivity contribution in [1.29, 1.82) is 0 Å². The first-order chi connectivity index (χ1) is 9.27. The fraction of sp³-hybridized carbons (Fsp3) is 0.875. The maximum absolute atomic E-state index is 12.9. The third-order valence-corrected chi connectivity index (χ3v) is 4.18. The summed E-state index contributed by atoms with van der Waals surface area (Å²) >= 11 is 0. The second kappa shape index (κ2) is 6.59. The van der Waals surface area contributed by atoms with Crippen molar-refractivity contribution in [3.63, 3.8) is 0 Å². The number of hydrogen-bond acceptors (Lipinski definition) is 2. The fourth-order valence-corrected chi connectivity index (χ4v) is 2.94. The van der Waals surface area contributed by atoms with E-state index in [9.17, 15) is 9.59 Å². The molecule has 0 bridgehead atoms. The first-order valence-corrected chi connectivity index (χ1v) is 7.90. The molecule has 1 N–H and O–H groups in total. The highest BCUT2D eigenvalue weighted by Gasteiger charge is 2.48. The van der Waals surface area contributed by atoms with Crippen LogP contribution in [-0.4, -0.2) is 34.8 Å². The summed E-state index contributed by atoms with van der Waals surface area (Å²) < 4.78 is 0. The van der Waals surface area contributed by atoms with Crippen LogP contribution in [0, 0.1) is 11.8 Å². The Labute approximate surface area is 123 Å². The lowest BCUT2D eigenvalue weighted by molar-refractivity contribution is -0.156. The van der Waals surface area contributed by atoms with Gasteiger partial charge in [-0.2, -0.15) is 0 Å². The molecule has 1 rings (SSSR count). The van der Waals surface area contributed by atoms with Crippen LogP contribution in [0.1, 0.15) is 60.8 Å². The molecule has 1 atom stereocenters. The smallest absolute Gasteiger partial charge is 0.248 e. The molecule has 0 saturated carbocycles. The molecule has 20 heavy (non-hydrogen) atoms. The molecule has 4 nitrogen and oxygen atoms in total. The molecular formula is C16H30N2O2. The Bertz CT molecular complexity index is 359. The summed E-state index contributed by atoms with van der Waals surface area (Å²) in [6, 6.07) is -0.309. The zero-order chi connectivity index (χ0) is 15.5. The predicted molar refractivity (Wildman–Crippen MR) is 81.2 cm³/mol. The van der Waals surface area contributed by atoms with Crippen LogP contribution in [0.5, 0.6) is 0 Å². The monoisotopic (exact) mass is 282 g/mol. The van der Waals surface area contributed by atoms with Crippen molar-refractivity contribution in [2.24, 2.45) is 11.8 Å². The largest absolute Gasteiger partial charge is 0.340 e. The zero-order valence-electron chi connectivity index (χ0n) is 13.8. The van der Waals surface area contributed by atoms with Gasteiger partial charge in [0.2, 0.25) is 11.8 Å². The molecule has 0 aromatic rings. The van der Waals surface area contributed by atoms with Gasteiger partial charge in [-0.1, -0.05) is 41.5 Å². The standard InChI is InChI=1S/C16H30N2O2/c1-7-16(8-2)15(20)18(10-12(5)6)13(9-11(3)4)14(19)17-16/h11-13H,7-10H2,1-6H3,(H,17,19). The molecule has 0 aromatic heterocycles. The van der Waals surface area contributed by atoms with Gasteiger partial charge in [-0.05, 0) is 31.1 Å². The van der Waals surface area contributed by atoms with Gasteiger partial charge in [-0.15, -0.1) is 0 Å². The molecule has 1 saturated heterocycles. The number of nitrogens with zero attached hydrogens (tertiary/aromatic N) is 1. The number of amides is 2. The number of piperazine rings is 1. The SMILES string of the molecule is CCC1(CC)NC(=O)C(CC(C)C)N(CC(C)C)C1=O. The van der Waals surface area contributed by atoms with Gasteiger partial charge in [0.05, 0.1) is 0 Å². The highest BCUT2D eigenvalue weighted by molar-refractivity contribution is 5.99. The molecule has 1 unspecified atom stereocenters. The molecule has 0 aromatic carbocycles. The van der Waals surface area contributed by atoms with Crippen LogP contribution in [0.25, 0.3) is 0 Å². The van der Waals surface area contributed by atoms with E-state index in [1.165, 1.54) is 0 Å². The first-order valence-electron chi connectivity index (χ1n) is 7.90. The number of carbonyl (C=O) groups excluding carboxylic acids is 2. The van der Waals surface area contributed by atoms with Gasteiger partial charge in [0.15, 0.2) is 0 Å². The highest BCUT2D eigenvalue weighted by atomic mass is 16.2. The van der Waals surface area contributed by atoms with E-state index in [0.29, 0.717) is 31.2 Å². The Morgan fingerprint density at radius 3 is 2.05 bits per heavy atom. The topological polar surface area (TPSA) is 49.4 Å². The minimum atomic E-state index is -0.695. The Morgan fingerprint density at radius 1 is 1.10 bits per heavy atom. The van der Waals surface area contributed by atoms with Crippen molar-refractivity contribution >= 4 is 11.8 Å². The molecule has 0 aliphatic carbocycles. The second-order valence-corrected chi connectivity index (χ2v) is 6.78. The quantitative estimate of drug-likeness (QED) is 0.814. The van der Waals surface area contributed by atoms with Crippen LogP contribution < -0.4 is 5.32 Å². The molecule has 1 aliphatic rings.